The molecule has 1 fully saturated rings. The van der Waals surface area contributed by atoms with Gasteiger partial charge in [-0.1, -0.05) is 78.9 Å². The smallest absolute Gasteiger partial charge is 0.251 e. The van der Waals surface area contributed by atoms with Gasteiger partial charge in [-0.05, 0) is 87.3 Å². The SMILES string of the molecule is O=C(N[C@@H](CCCN1CCC(Cc2ccccc2)CC1)C(=O)NCCc1ccccc1)c1ccccc1. The lowest BCUT2D eigenvalue weighted by Crippen LogP contribution is -2.47. The summed E-state index contributed by atoms with van der Waals surface area (Å²) in [4.78, 5) is 28.4. The lowest BCUT2D eigenvalue weighted by Gasteiger charge is -2.32. The van der Waals surface area contributed by atoms with Gasteiger partial charge in [0.05, 0.1) is 0 Å². The molecular formula is C32H39N3O2. The third-order valence-corrected chi connectivity index (χ3v) is 7.26. The Morgan fingerprint density at radius 1 is 0.811 bits per heavy atom. The molecule has 1 saturated heterocycles. The van der Waals surface area contributed by atoms with E-state index in [1.807, 2.05) is 36.4 Å². The quantitative estimate of drug-likeness (QED) is 0.375. The molecule has 1 atom stereocenters. The van der Waals surface area contributed by atoms with Crippen LogP contribution in [0.15, 0.2) is 91.0 Å². The predicted molar refractivity (Wildman–Crippen MR) is 149 cm³/mol. The first kappa shape index (κ1) is 26.6. The number of nitrogens with zero attached hydrogens (tertiary/aromatic N) is 1. The molecule has 1 aliphatic heterocycles. The van der Waals surface area contributed by atoms with E-state index in [-0.39, 0.29) is 11.8 Å². The number of benzene rings is 3. The highest BCUT2D eigenvalue weighted by atomic mass is 16.2. The zero-order chi connectivity index (χ0) is 25.7. The van der Waals surface area contributed by atoms with Gasteiger partial charge in [0.25, 0.3) is 5.91 Å². The molecule has 5 nitrogen and oxygen atoms in total. The van der Waals surface area contributed by atoms with Crippen LogP contribution in [0.5, 0.6) is 0 Å². The van der Waals surface area contributed by atoms with Crippen LogP contribution in [0.4, 0.5) is 0 Å². The second kappa shape index (κ2) is 14.3. The van der Waals surface area contributed by atoms with Gasteiger partial charge in [0, 0.05) is 12.1 Å². The van der Waals surface area contributed by atoms with Crippen molar-refractivity contribution in [3.8, 4) is 0 Å². The van der Waals surface area contributed by atoms with Crippen molar-refractivity contribution in [2.45, 2.75) is 44.6 Å². The van der Waals surface area contributed by atoms with E-state index in [0.29, 0.717) is 18.5 Å². The largest absolute Gasteiger partial charge is 0.354 e. The first-order valence-corrected chi connectivity index (χ1v) is 13.6. The van der Waals surface area contributed by atoms with Gasteiger partial charge in [-0.15, -0.1) is 0 Å². The van der Waals surface area contributed by atoms with Crippen molar-refractivity contribution in [1.82, 2.24) is 15.5 Å². The van der Waals surface area contributed by atoms with Gasteiger partial charge in [0.2, 0.25) is 5.91 Å². The molecule has 3 aromatic carbocycles. The minimum atomic E-state index is -0.543. The molecule has 0 aromatic heterocycles. The van der Waals surface area contributed by atoms with Gasteiger partial charge in [-0.2, -0.15) is 0 Å². The molecule has 0 bridgehead atoms. The van der Waals surface area contributed by atoms with E-state index in [9.17, 15) is 9.59 Å². The molecule has 2 N–H and O–H groups in total. The Labute approximate surface area is 221 Å². The van der Waals surface area contributed by atoms with Crippen molar-refractivity contribution in [3.63, 3.8) is 0 Å². The summed E-state index contributed by atoms with van der Waals surface area (Å²) in [6.45, 7) is 3.70. The number of carbonyl (C=O) groups is 2. The highest BCUT2D eigenvalue weighted by molar-refractivity contribution is 5.97. The number of hydrogen-bond donors (Lipinski definition) is 2. The number of rotatable bonds is 12. The van der Waals surface area contributed by atoms with Crippen LogP contribution in [-0.2, 0) is 17.6 Å². The molecule has 3 aromatic rings. The second-order valence-electron chi connectivity index (χ2n) is 10.0. The van der Waals surface area contributed by atoms with E-state index >= 15 is 0 Å². The number of piperidine rings is 1. The number of carbonyl (C=O) groups excluding carboxylic acids is 2. The highest BCUT2D eigenvalue weighted by Crippen LogP contribution is 2.22. The maximum absolute atomic E-state index is 13.1. The Kier molecular flexibility index (Phi) is 10.3. The first-order chi connectivity index (χ1) is 18.2. The average Bonchev–Trinajstić information content (AvgIpc) is 2.95. The van der Waals surface area contributed by atoms with Crippen LogP contribution in [0.2, 0.25) is 0 Å². The van der Waals surface area contributed by atoms with Crippen LogP contribution in [0.1, 0.15) is 47.2 Å². The fourth-order valence-corrected chi connectivity index (χ4v) is 5.08. The Morgan fingerprint density at radius 2 is 1.41 bits per heavy atom. The minimum Gasteiger partial charge on any atom is -0.354 e. The molecule has 0 spiro atoms. The van der Waals surface area contributed by atoms with Crippen LogP contribution in [0.3, 0.4) is 0 Å². The minimum absolute atomic E-state index is 0.109. The van der Waals surface area contributed by atoms with Crippen molar-refractivity contribution in [3.05, 3.63) is 108 Å². The summed E-state index contributed by atoms with van der Waals surface area (Å²) in [5.41, 5.74) is 3.18. The third kappa shape index (κ3) is 8.87. The fourth-order valence-electron chi connectivity index (χ4n) is 5.08. The van der Waals surface area contributed by atoms with Crippen molar-refractivity contribution < 1.29 is 9.59 Å². The van der Waals surface area contributed by atoms with E-state index in [2.05, 4.69) is 58.0 Å². The number of nitrogens with one attached hydrogen (secondary N) is 2. The molecule has 5 heteroatoms. The molecule has 0 aliphatic carbocycles. The van der Waals surface area contributed by atoms with Crippen molar-refractivity contribution in [1.29, 1.82) is 0 Å². The van der Waals surface area contributed by atoms with Crippen LogP contribution in [-0.4, -0.2) is 48.9 Å². The van der Waals surface area contributed by atoms with Crippen LogP contribution in [0.25, 0.3) is 0 Å². The van der Waals surface area contributed by atoms with Crippen LogP contribution in [0, 0.1) is 5.92 Å². The van der Waals surface area contributed by atoms with Crippen molar-refractivity contribution in [2.24, 2.45) is 5.92 Å². The number of amides is 2. The average molecular weight is 498 g/mol. The lowest BCUT2D eigenvalue weighted by atomic mass is 9.90. The summed E-state index contributed by atoms with van der Waals surface area (Å²) in [5, 5.41) is 6.02. The third-order valence-electron chi connectivity index (χ3n) is 7.26. The van der Waals surface area contributed by atoms with E-state index in [1.165, 1.54) is 24.0 Å². The summed E-state index contributed by atoms with van der Waals surface area (Å²) in [7, 11) is 0. The molecule has 1 aliphatic rings. The zero-order valence-corrected chi connectivity index (χ0v) is 21.6. The molecular weight excluding hydrogens is 458 g/mol. The van der Waals surface area contributed by atoms with Crippen molar-refractivity contribution >= 4 is 11.8 Å². The van der Waals surface area contributed by atoms with E-state index in [0.717, 1.165) is 44.8 Å². The normalized spacial score (nSPS) is 15.1. The van der Waals surface area contributed by atoms with Gasteiger partial charge in [-0.25, -0.2) is 0 Å². The molecule has 0 unspecified atom stereocenters. The van der Waals surface area contributed by atoms with Gasteiger partial charge in [-0.3, -0.25) is 9.59 Å². The maximum atomic E-state index is 13.1. The Morgan fingerprint density at radius 3 is 2.05 bits per heavy atom. The van der Waals surface area contributed by atoms with Gasteiger partial charge in [0.1, 0.15) is 6.04 Å². The highest BCUT2D eigenvalue weighted by Gasteiger charge is 2.23. The molecule has 194 valence electrons. The molecule has 1 heterocycles. The van der Waals surface area contributed by atoms with Crippen LogP contribution >= 0.6 is 0 Å². The lowest BCUT2D eigenvalue weighted by molar-refractivity contribution is -0.123. The molecule has 37 heavy (non-hydrogen) atoms. The number of hydrogen-bond acceptors (Lipinski definition) is 3. The van der Waals surface area contributed by atoms with Crippen LogP contribution < -0.4 is 10.6 Å². The van der Waals surface area contributed by atoms with Gasteiger partial charge < -0.3 is 15.5 Å². The Bertz CT molecular complexity index is 1080. The first-order valence-electron chi connectivity index (χ1n) is 13.6. The molecule has 4 rings (SSSR count). The predicted octanol–water partition coefficient (Wildman–Crippen LogP) is 4.88. The summed E-state index contributed by atoms with van der Waals surface area (Å²) in [6.07, 6.45) is 5.84. The van der Waals surface area contributed by atoms with Gasteiger partial charge >= 0.3 is 0 Å². The summed E-state index contributed by atoms with van der Waals surface area (Å²) >= 11 is 0. The zero-order valence-electron chi connectivity index (χ0n) is 21.6. The summed E-state index contributed by atoms with van der Waals surface area (Å²) in [6, 6.07) is 29.5. The van der Waals surface area contributed by atoms with E-state index in [1.54, 1.807) is 12.1 Å². The Balaban J connectivity index is 1.24. The summed E-state index contributed by atoms with van der Waals surface area (Å²) in [5.74, 6) is 0.430. The van der Waals surface area contributed by atoms with Crippen molar-refractivity contribution in [2.75, 3.05) is 26.2 Å². The molecule has 0 saturated carbocycles. The maximum Gasteiger partial charge on any atom is 0.251 e. The van der Waals surface area contributed by atoms with E-state index < -0.39 is 6.04 Å². The monoisotopic (exact) mass is 497 g/mol. The topological polar surface area (TPSA) is 61.4 Å². The molecule has 0 radical (unpaired) electrons. The fraction of sp³-hybridized carbons (Fsp3) is 0.375. The second-order valence-corrected chi connectivity index (χ2v) is 10.0. The number of likely N-dealkylation sites (tertiary alicyclic amines) is 1. The van der Waals surface area contributed by atoms with Gasteiger partial charge in [0.15, 0.2) is 0 Å². The summed E-state index contributed by atoms with van der Waals surface area (Å²) < 4.78 is 0. The Hall–Kier alpha value is -3.44. The van der Waals surface area contributed by atoms with E-state index in [4.69, 9.17) is 0 Å². The molecule has 2 amide bonds. The standard InChI is InChI=1S/C32H39N3O2/c36-31(29-15-8-3-9-16-29)34-30(32(37)33-21-18-26-11-4-1-5-12-26)17-10-22-35-23-19-28(20-24-35)25-27-13-6-2-7-14-27/h1-9,11-16,28,30H,10,17-25H2,(H,33,37)(H,34,36)/t30-/m0/s1.